The Morgan fingerprint density at radius 1 is 1.32 bits per heavy atom. The molecule has 1 N–H and O–H groups in total. The standard InChI is InChI=1S/C16H22FNO/c1-11-6-5-7-12(15(11)17)19-14-10-13(18-2)16(14)8-3-4-9-16/h5-7,13-14,18H,3-4,8-10H2,1-2H3. The SMILES string of the molecule is CNC1CC(Oc2cccc(C)c2F)C12CCCC2. The third-order valence-electron chi connectivity index (χ3n) is 5.09. The van der Waals surface area contributed by atoms with Crippen LogP contribution in [0.4, 0.5) is 4.39 Å². The molecule has 0 radical (unpaired) electrons. The summed E-state index contributed by atoms with van der Waals surface area (Å²) in [6.45, 7) is 1.78. The van der Waals surface area contributed by atoms with Crippen LogP contribution < -0.4 is 10.1 Å². The van der Waals surface area contributed by atoms with E-state index in [0.717, 1.165) is 6.42 Å². The van der Waals surface area contributed by atoms with Gasteiger partial charge in [0.2, 0.25) is 0 Å². The fourth-order valence-corrected chi connectivity index (χ4v) is 3.89. The molecule has 0 heterocycles. The molecular weight excluding hydrogens is 241 g/mol. The fourth-order valence-electron chi connectivity index (χ4n) is 3.89. The van der Waals surface area contributed by atoms with E-state index in [1.807, 2.05) is 13.1 Å². The van der Waals surface area contributed by atoms with Crippen molar-refractivity contribution < 1.29 is 9.13 Å². The normalized spacial score (nSPS) is 28.4. The zero-order valence-electron chi connectivity index (χ0n) is 11.7. The molecule has 104 valence electrons. The van der Waals surface area contributed by atoms with E-state index in [9.17, 15) is 4.39 Å². The minimum atomic E-state index is -0.205. The minimum Gasteiger partial charge on any atom is -0.487 e. The second-order valence-corrected chi connectivity index (χ2v) is 6.01. The maximum atomic E-state index is 14.0. The first-order valence-electron chi connectivity index (χ1n) is 7.26. The molecule has 0 bridgehead atoms. The molecule has 0 saturated heterocycles. The first kappa shape index (κ1) is 12.9. The Kier molecular flexibility index (Phi) is 3.25. The lowest BCUT2D eigenvalue weighted by molar-refractivity contribution is -0.0751. The molecule has 2 saturated carbocycles. The van der Waals surface area contributed by atoms with Gasteiger partial charge in [-0.05, 0) is 38.4 Å². The molecule has 19 heavy (non-hydrogen) atoms. The van der Waals surface area contributed by atoms with E-state index in [-0.39, 0.29) is 17.3 Å². The molecule has 0 amide bonds. The van der Waals surface area contributed by atoms with Crippen molar-refractivity contribution in [3.8, 4) is 5.75 Å². The third kappa shape index (κ3) is 1.95. The van der Waals surface area contributed by atoms with Gasteiger partial charge in [-0.2, -0.15) is 0 Å². The van der Waals surface area contributed by atoms with Crippen LogP contribution >= 0.6 is 0 Å². The van der Waals surface area contributed by atoms with Gasteiger partial charge in [0.25, 0.3) is 0 Å². The Morgan fingerprint density at radius 2 is 2.05 bits per heavy atom. The van der Waals surface area contributed by atoms with Crippen molar-refractivity contribution in [2.24, 2.45) is 5.41 Å². The number of ether oxygens (including phenoxy) is 1. The summed E-state index contributed by atoms with van der Waals surface area (Å²) in [6.07, 6.45) is 6.11. The van der Waals surface area contributed by atoms with Crippen molar-refractivity contribution >= 4 is 0 Å². The van der Waals surface area contributed by atoms with E-state index in [2.05, 4.69) is 5.32 Å². The zero-order valence-corrected chi connectivity index (χ0v) is 11.7. The molecular formula is C16H22FNO. The first-order chi connectivity index (χ1) is 9.17. The fraction of sp³-hybridized carbons (Fsp3) is 0.625. The molecule has 1 aromatic rings. The molecule has 0 aromatic heterocycles. The summed E-state index contributed by atoms with van der Waals surface area (Å²) in [4.78, 5) is 0. The third-order valence-corrected chi connectivity index (χ3v) is 5.09. The lowest BCUT2D eigenvalue weighted by atomic mass is 9.60. The molecule has 2 unspecified atom stereocenters. The van der Waals surface area contributed by atoms with E-state index in [1.165, 1.54) is 25.7 Å². The van der Waals surface area contributed by atoms with Crippen LogP contribution in [0.1, 0.15) is 37.7 Å². The Morgan fingerprint density at radius 3 is 2.74 bits per heavy atom. The summed E-state index contributed by atoms with van der Waals surface area (Å²) in [6, 6.07) is 5.93. The molecule has 3 rings (SSSR count). The molecule has 2 atom stereocenters. The van der Waals surface area contributed by atoms with Crippen LogP contribution in [0.15, 0.2) is 18.2 Å². The van der Waals surface area contributed by atoms with Crippen molar-refractivity contribution in [2.45, 2.75) is 51.2 Å². The zero-order chi connectivity index (χ0) is 13.5. The quantitative estimate of drug-likeness (QED) is 0.902. The lowest BCUT2D eigenvalue weighted by Crippen LogP contribution is -2.63. The van der Waals surface area contributed by atoms with Crippen molar-refractivity contribution in [2.75, 3.05) is 7.05 Å². The van der Waals surface area contributed by atoms with Gasteiger partial charge in [-0.25, -0.2) is 4.39 Å². The molecule has 2 nitrogen and oxygen atoms in total. The van der Waals surface area contributed by atoms with E-state index >= 15 is 0 Å². The molecule has 1 aromatic carbocycles. The average Bonchev–Trinajstić information content (AvgIpc) is 2.91. The molecule has 3 heteroatoms. The highest BCUT2D eigenvalue weighted by atomic mass is 19.1. The van der Waals surface area contributed by atoms with Crippen LogP contribution in [0.5, 0.6) is 5.75 Å². The lowest BCUT2D eigenvalue weighted by Gasteiger charge is -2.53. The van der Waals surface area contributed by atoms with Crippen LogP contribution in [-0.2, 0) is 0 Å². The van der Waals surface area contributed by atoms with Gasteiger partial charge in [0.1, 0.15) is 6.10 Å². The van der Waals surface area contributed by atoms with Gasteiger partial charge in [-0.3, -0.25) is 0 Å². The highest BCUT2D eigenvalue weighted by Gasteiger charge is 2.57. The molecule has 2 fully saturated rings. The van der Waals surface area contributed by atoms with Crippen molar-refractivity contribution in [1.82, 2.24) is 5.32 Å². The number of benzene rings is 1. The summed E-state index contributed by atoms with van der Waals surface area (Å²) in [5, 5.41) is 3.40. The first-order valence-corrected chi connectivity index (χ1v) is 7.26. The monoisotopic (exact) mass is 263 g/mol. The summed E-state index contributed by atoms with van der Waals surface area (Å²) in [5.41, 5.74) is 0.896. The number of aryl methyl sites for hydroxylation is 1. The van der Waals surface area contributed by atoms with Gasteiger partial charge in [-0.1, -0.05) is 25.0 Å². The summed E-state index contributed by atoms with van der Waals surface area (Å²) >= 11 is 0. The average molecular weight is 263 g/mol. The van der Waals surface area contributed by atoms with E-state index < -0.39 is 0 Å². The Labute approximate surface area is 114 Å². The van der Waals surface area contributed by atoms with Crippen molar-refractivity contribution in [3.05, 3.63) is 29.6 Å². The molecule has 0 aliphatic heterocycles. The number of hydrogen-bond donors (Lipinski definition) is 1. The number of nitrogens with one attached hydrogen (secondary N) is 1. The van der Waals surface area contributed by atoms with E-state index in [1.54, 1.807) is 19.1 Å². The van der Waals surface area contributed by atoms with Crippen LogP contribution in [0.2, 0.25) is 0 Å². The summed E-state index contributed by atoms with van der Waals surface area (Å²) in [7, 11) is 2.02. The maximum Gasteiger partial charge on any atom is 0.167 e. The van der Waals surface area contributed by atoms with Crippen LogP contribution in [0, 0.1) is 18.2 Å². The van der Waals surface area contributed by atoms with E-state index in [4.69, 9.17) is 4.74 Å². The largest absolute Gasteiger partial charge is 0.487 e. The van der Waals surface area contributed by atoms with Gasteiger partial charge >= 0.3 is 0 Å². The van der Waals surface area contributed by atoms with Crippen LogP contribution in [-0.4, -0.2) is 19.2 Å². The Bertz CT molecular complexity index is 468. The van der Waals surface area contributed by atoms with Gasteiger partial charge in [0.15, 0.2) is 11.6 Å². The highest BCUT2D eigenvalue weighted by molar-refractivity contribution is 5.31. The summed E-state index contributed by atoms with van der Waals surface area (Å²) < 4.78 is 20.1. The molecule has 2 aliphatic rings. The van der Waals surface area contributed by atoms with Gasteiger partial charge in [0.05, 0.1) is 0 Å². The van der Waals surface area contributed by atoms with E-state index in [0.29, 0.717) is 17.4 Å². The van der Waals surface area contributed by atoms with Gasteiger partial charge < -0.3 is 10.1 Å². The smallest absolute Gasteiger partial charge is 0.167 e. The second-order valence-electron chi connectivity index (χ2n) is 6.01. The maximum absolute atomic E-state index is 14.0. The predicted octanol–water partition coefficient (Wildman–Crippen LogP) is 3.43. The van der Waals surface area contributed by atoms with Crippen LogP contribution in [0.25, 0.3) is 0 Å². The highest BCUT2D eigenvalue weighted by Crippen LogP contribution is 2.54. The second kappa shape index (κ2) is 4.78. The van der Waals surface area contributed by atoms with Crippen molar-refractivity contribution in [3.63, 3.8) is 0 Å². The van der Waals surface area contributed by atoms with Crippen LogP contribution in [0.3, 0.4) is 0 Å². The minimum absolute atomic E-state index is 0.170. The topological polar surface area (TPSA) is 21.3 Å². The van der Waals surface area contributed by atoms with Gasteiger partial charge in [-0.15, -0.1) is 0 Å². The number of rotatable bonds is 3. The predicted molar refractivity (Wildman–Crippen MR) is 73.9 cm³/mol. The van der Waals surface area contributed by atoms with Gasteiger partial charge in [0, 0.05) is 17.9 Å². The summed E-state index contributed by atoms with van der Waals surface area (Å²) in [5.74, 6) is 0.217. The number of hydrogen-bond acceptors (Lipinski definition) is 2. The Hall–Kier alpha value is -1.09. The van der Waals surface area contributed by atoms with Crippen molar-refractivity contribution in [1.29, 1.82) is 0 Å². The number of halogens is 1. The molecule has 2 aliphatic carbocycles. The Balaban J connectivity index is 1.79. The molecule has 1 spiro atoms.